The number of fused-ring (bicyclic) bond motifs is 1. The lowest BCUT2D eigenvalue weighted by molar-refractivity contribution is -0.134. The smallest absolute Gasteiger partial charge is 0.328 e. The number of hydrogen-bond acceptors (Lipinski definition) is 7. The summed E-state index contributed by atoms with van der Waals surface area (Å²) in [6, 6.07) is 19.7. The highest BCUT2D eigenvalue weighted by Gasteiger charge is 2.35. The van der Waals surface area contributed by atoms with Crippen molar-refractivity contribution in [3.63, 3.8) is 0 Å². The monoisotopic (exact) mass is 565 g/mol. The number of β-amino-alcohol motifs (C(OH)–C–C–N with tert-alkyl or cyclic N) is 1. The van der Waals surface area contributed by atoms with Gasteiger partial charge in [-0.15, -0.1) is 0 Å². The lowest BCUT2D eigenvalue weighted by atomic mass is 9.93. The van der Waals surface area contributed by atoms with Crippen LogP contribution in [0.4, 0.5) is 0 Å². The van der Waals surface area contributed by atoms with Crippen molar-refractivity contribution in [3.05, 3.63) is 83.9 Å². The van der Waals surface area contributed by atoms with E-state index in [4.69, 9.17) is 19.7 Å². The first kappa shape index (κ1) is 31.6. The van der Waals surface area contributed by atoms with Crippen LogP contribution in [0.5, 0.6) is 11.5 Å². The van der Waals surface area contributed by atoms with Crippen molar-refractivity contribution in [2.24, 2.45) is 5.92 Å². The van der Waals surface area contributed by atoms with E-state index < -0.39 is 18.0 Å². The Bertz CT molecular complexity index is 1330. The average Bonchev–Trinajstić information content (AvgIpc) is 3.77. The zero-order valence-corrected chi connectivity index (χ0v) is 23.6. The van der Waals surface area contributed by atoms with E-state index in [0.717, 1.165) is 41.3 Å². The molecule has 0 amide bonds. The van der Waals surface area contributed by atoms with Gasteiger partial charge in [0.25, 0.3) is 0 Å². The van der Waals surface area contributed by atoms with Crippen LogP contribution in [0.2, 0.25) is 0 Å². The number of aliphatic hydroxyl groups is 1. The standard InChI is InChI=1S/C28H35NO4.C4H4O4/c1-28(2,16-19-8-9-22-15-23(30)13-12-21(22)14-19)29-17-24(31)18-33-27(20-10-11-20)25-6-4-5-7-26(25)32-3;5-3(6)1-2-4(7)8/h4-9,12-15,20,24,27,29-31H,10-11,16-18H2,1-3H3;1-2H,(H,5,6)(H,7,8)/b;2-1+/t24-,27-;/m1./s1. The van der Waals surface area contributed by atoms with Gasteiger partial charge in [0, 0.05) is 29.8 Å². The average molecular weight is 566 g/mol. The predicted molar refractivity (Wildman–Crippen MR) is 156 cm³/mol. The van der Waals surface area contributed by atoms with Crippen LogP contribution in [0, 0.1) is 5.92 Å². The number of aliphatic carboxylic acids is 2. The summed E-state index contributed by atoms with van der Waals surface area (Å²) < 4.78 is 11.7. The third-order valence-corrected chi connectivity index (χ3v) is 6.68. The SMILES string of the molecule is COc1ccccc1[C@H](OC[C@H](O)CNC(C)(C)Cc1ccc2cc(O)ccc2c1)C1CC1.O=C(O)/C=C/C(=O)O. The molecule has 0 bridgehead atoms. The number of methoxy groups -OCH3 is 1. The van der Waals surface area contributed by atoms with Gasteiger partial charge >= 0.3 is 11.9 Å². The molecule has 0 radical (unpaired) electrons. The summed E-state index contributed by atoms with van der Waals surface area (Å²) in [4.78, 5) is 19.1. The van der Waals surface area contributed by atoms with Gasteiger partial charge < -0.3 is 35.2 Å². The molecule has 1 fully saturated rings. The molecule has 41 heavy (non-hydrogen) atoms. The molecule has 0 unspecified atom stereocenters. The van der Waals surface area contributed by atoms with Gasteiger partial charge in [-0.3, -0.25) is 0 Å². The summed E-state index contributed by atoms with van der Waals surface area (Å²) in [5.41, 5.74) is 2.08. The number of carboxylic acids is 2. The molecule has 3 aromatic carbocycles. The van der Waals surface area contributed by atoms with Gasteiger partial charge in [0.2, 0.25) is 0 Å². The fraction of sp³-hybridized carbons (Fsp3) is 0.375. The lowest BCUT2D eigenvalue weighted by Gasteiger charge is -2.29. The zero-order chi connectivity index (χ0) is 30.0. The van der Waals surface area contributed by atoms with E-state index >= 15 is 0 Å². The number of carbonyl (C=O) groups is 2. The largest absolute Gasteiger partial charge is 0.508 e. The van der Waals surface area contributed by atoms with E-state index in [1.54, 1.807) is 19.2 Å². The lowest BCUT2D eigenvalue weighted by Crippen LogP contribution is -2.46. The maximum atomic E-state index is 10.6. The molecule has 0 heterocycles. The number of hydrogen-bond donors (Lipinski definition) is 5. The van der Waals surface area contributed by atoms with Crippen LogP contribution in [0.1, 0.15) is 43.9 Å². The number of rotatable bonds is 13. The maximum absolute atomic E-state index is 10.6. The van der Waals surface area contributed by atoms with E-state index in [0.29, 0.717) is 24.6 Å². The van der Waals surface area contributed by atoms with Crippen LogP contribution in [-0.2, 0) is 20.7 Å². The molecule has 4 rings (SSSR count). The Labute approximate surface area is 240 Å². The Kier molecular flexibility index (Phi) is 11.3. The first-order valence-electron chi connectivity index (χ1n) is 13.5. The van der Waals surface area contributed by atoms with Crippen molar-refractivity contribution < 1.29 is 39.5 Å². The highest BCUT2D eigenvalue weighted by atomic mass is 16.5. The number of carboxylic acid groups (broad SMARTS) is 2. The Morgan fingerprint density at radius 2 is 1.63 bits per heavy atom. The molecule has 0 aromatic heterocycles. The van der Waals surface area contributed by atoms with Gasteiger partial charge in [-0.05, 0) is 73.6 Å². The molecule has 9 nitrogen and oxygen atoms in total. The molecule has 3 aromatic rings. The highest BCUT2D eigenvalue weighted by Crippen LogP contribution is 2.45. The number of nitrogens with one attached hydrogen (secondary N) is 1. The van der Waals surface area contributed by atoms with Crippen molar-refractivity contribution in [2.75, 3.05) is 20.3 Å². The first-order valence-corrected chi connectivity index (χ1v) is 13.5. The summed E-state index contributed by atoms with van der Waals surface area (Å²) in [5, 5.41) is 41.5. The molecular formula is C32H39NO8. The molecule has 0 spiro atoms. The van der Waals surface area contributed by atoms with Gasteiger partial charge in [0.05, 0.1) is 25.9 Å². The van der Waals surface area contributed by atoms with Crippen LogP contribution >= 0.6 is 0 Å². The molecule has 1 aliphatic rings. The fourth-order valence-electron chi connectivity index (χ4n) is 4.56. The van der Waals surface area contributed by atoms with Crippen LogP contribution in [0.15, 0.2) is 72.8 Å². The second-order valence-corrected chi connectivity index (χ2v) is 10.8. The molecule has 1 saturated carbocycles. The molecule has 9 heteroatoms. The Morgan fingerprint density at radius 3 is 2.27 bits per heavy atom. The normalized spacial score (nSPS) is 14.7. The molecule has 0 aliphatic heterocycles. The second kappa shape index (κ2) is 14.6. The summed E-state index contributed by atoms with van der Waals surface area (Å²) in [7, 11) is 1.68. The molecule has 5 N–H and O–H groups in total. The Balaban J connectivity index is 0.000000507. The zero-order valence-electron chi connectivity index (χ0n) is 23.6. The predicted octanol–water partition coefficient (Wildman–Crippen LogP) is 4.71. The minimum atomic E-state index is -1.26. The Morgan fingerprint density at radius 1 is 1.00 bits per heavy atom. The Hall–Kier alpha value is -3.92. The molecular weight excluding hydrogens is 526 g/mol. The number of phenols is 1. The fourth-order valence-corrected chi connectivity index (χ4v) is 4.56. The first-order chi connectivity index (χ1) is 19.5. The maximum Gasteiger partial charge on any atom is 0.328 e. The van der Waals surface area contributed by atoms with Gasteiger partial charge in [0.15, 0.2) is 0 Å². The van der Waals surface area contributed by atoms with Crippen LogP contribution < -0.4 is 10.1 Å². The van der Waals surface area contributed by atoms with Crippen molar-refractivity contribution >= 4 is 22.7 Å². The topological polar surface area (TPSA) is 146 Å². The number of aromatic hydroxyl groups is 1. The number of ether oxygens (including phenoxy) is 2. The highest BCUT2D eigenvalue weighted by molar-refractivity contribution is 5.89. The van der Waals surface area contributed by atoms with Crippen molar-refractivity contribution in [2.45, 2.75) is 50.9 Å². The summed E-state index contributed by atoms with van der Waals surface area (Å²) in [6.45, 7) is 5.02. The molecule has 2 atom stereocenters. The summed E-state index contributed by atoms with van der Waals surface area (Å²) in [6.07, 6.45) is 3.60. The molecule has 220 valence electrons. The van der Waals surface area contributed by atoms with Crippen LogP contribution in [0.3, 0.4) is 0 Å². The molecule has 1 aliphatic carbocycles. The third kappa shape index (κ3) is 10.5. The summed E-state index contributed by atoms with van der Waals surface area (Å²) in [5.74, 6) is -0.899. The van der Waals surface area contributed by atoms with Gasteiger partial charge in [-0.2, -0.15) is 0 Å². The number of phenolic OH excluding ortho intramolecular Hbond substituents is 1. The number of aliphatic hydroxyl groups excluding tert-OH is 1. The van der Waals surface area contributed by atoms with Crippen molar-refractivity contribution in [3.8, 4) is 11.5 Å². The summed E-state index contributed by atoms with van der Waals surface area (Å²) >= 11 is 0. The van der Waals surface area contributed by atoms with E-state index in [1.807, 2.05) is 30.3 Å². The minimum Gasteiger partial charge on any atom is -0.508 e. The third-order valence-electron chi connectivity index (χ3n) is 6.68. The quantitative estimate of drug-likeness (QED) is 0.186. The van der Waals surface area contributed by atoms with E-state index in [1.165, 1.54) is 5.56 Å². The van der Waals surface area contributed by atoms with Gasteiger partial charge in [-0.25, -0.2) is 9.59 Å². The van der Waals surface area contributed by atoms with E-state index in [-0.39, 0.29) is 24.0 Å². The van der Waals surface area contributed by atoms with Crippen molar-refractivity contribution in [1.29, 1.82) is 0 Å². The van der Waals surface area contributed by atoms with E-state index in [2.05, 4.69) is 37.4 Å². The number of para-hydroxylation sites is 1. The van der Waals surface area contributed by atoms with Crippen LogP contribution in [-0.4, -0.2) is 64.3 Å². The molecule has 0 saturated heterocycles. The van der Waals surface area contributed by atoms with Crippen LogP contribution in [0.25, 0.3) is 10.8 Å². The minimum absolute atomic E-state index is 0.0409. The van der Waals surface area contributed by atoms with Crippen molar-refractivity contribution in [1.82, 2.24) is 5.32 Å². The van der Waals surface area contributed by atoms with E-state index in [9.17, 15) is 19.8 Å². The van der Waals surface area contributed by atoms with Gasteiger partial charge in [0.1, 0.15) is 11.5 Å². The second-order valence-electron chi connectivity index (χ2n) is 10.8. The van der Waals surface area contributed by atoms with Gasteiger partial charge in [-0.1, -0.05) is 42.5 Å². The number of benzene rings is 3.